The van der Waals surface area contributed by atoms with E-state index in [0.717, 1.165) is 12.1 Å². The fourth-order valence-electron chi connectivity index (χ4n) is 2.82. The third-order valence-corrected chi connectivity index (χ3v) is 5.05. The quantitative estimate of drug-likeness (QED) is 0.739. The molecule has 1 fully saturated rings. The molecule has 1 saturated carbocycles. The van der Waals surface area contributed by atoms with Gasteiger partial charge in [0.25, 0.3) is 0 Å². The van der Waals surface area contributed by atoms with E-state index >= 15 is 0 Å². The lowest BCUT2D eigenvalue weighted by Gasteiger charge is -2.07. The molecule has 0 radical (unpaired) electrons. The molecule has 7 heteroatoms. The van der Waals surface area contributed by atoms with Crippen molar-refractivity contribution in [2.45, 2.75) is 18.3 Å². The Labute approximate surface area is 135 Å². The number of rotatable bonds is 3. The molecular weight excluding hydrogens is 322 g/mol. The van der Waals surface area contributed by atoms with Crippen LogP contribution in [-0.4, -0.2) is 21.5 Å². The van der Waals surface area contributed by atoms with Gasteiger partial charge in [-0.1, -0.05) is 29.0 Å². The first-order valence-electron chi connectivity index (χ1n) is 6.84. The predicted octanol–water partition coefficient (Wildman–Crippen LogP) is 3.08. The van der Waals surface area contributed by atoms with Crippen LogP contribution in [0.2, 0.25) is 4.34 Å². The smallest absolute Gasteiger partial charge is 0.301 e. The predicted molar refractivity (Wildman–Crippen MR) is 85.2 cm³/mol. The largest absolute Gasteiger partial charge is 0.490 e. The third kappa shape index (κ3) is 2.10. The maximum atomic E-state index is 12.5. The molecule has 112 valence electrons. The molecule has 4 rings (SSSR count). The van der Waals surface area contributed by atoms with Crippen LogP contribution >= 0.6 is 22.9 Å². The number of pyridine rings is 1. The van der Waals surface area contributed by atoms with Gasteiger partial charge in [-0.15, -0.1) is 0 Å². The van der Waals surface area contributed by atoms with Gasteiger partial charge in [-0.2, -0.15) is 0 Å². The standard InChI is InChI=1S/C15H12ClN3O2S/c1-21-13-12(10-5-9(10)8-3-2-4-17-6-8)18-15-19(14(13)20)7-11(16)22-15/h2-4,6-7,9-10H,5H2,1H3/t9-,10+/m0/s1. The summed E-state index contributed by atoms with van der Waals surface area (Å²) in [5.41, 5.74) is 1.68. The van der Waals surface area contributed by atoms with Crippen molar-refractivity contribution in [2.75, 3.05) is 7.11 Å². The molecule has 3 aromatic rings. The molecule has 3 aromatic heterocycles. The fourth-order valence-corrected chi connectivity index (χ4v) is 3.83. The maximum absolute atomic E-state index is 12.5. The van der Waals surface area contributed by atoms with Gasteiger partial charge in [-0.25, -0.2) is 4.98 Å². The number of aromatic nitrogens is 3. The highest BCUT2D eigenvalue weighted by molar-refractivity contribution is 7.20. The number of fused-ring (bicyclic) bond motifs is 1. The van der Waals surface area contributed by atoms with E-state index in [0.29, 0.717) is 21.0 Å². The molecule has 1 aliphatic carbocycles. The zero-order valence-electron chi connectivity index (χ0n) is 11.7. The number of hydrogen-bond acceptors (Lipinski definition) is 5. The van der Waals surface area contributed by atoms with E-state index in [2.05, 4.69) is 16.0 Å². The van der Waals surface area contributed by atoms with Crippen LogP contribution in [0.1, 0.15) is 29.5 Å². The fraction of sp³-hybridized carbons (Fsp3) is 0.267. The molecule has 0 unspecified atom stereocenters. The first-order chi connectivity index (χ1) is 10.7. The summed E-state index contributed by atoms with van der Waals surface area (Å²) in [5.74, 6) is 0.841. The Bertz CT molecular complexity index is 906. The van der Waals surface area contributed by atoms with Crippen molar-refractivity contribution in [3.8, 4) is 5.75 Å². The summed E-state index contributed by atoms with van der Waals surface area (Å²) in [6, 6.07) is 3.98. The summed E-state index contributed by atoms with van der Waals surface area (Å²) in [4.78, 5) is 21.9. The lowest BCUT2D eigenvalue weighted by molar-refractivity contribution is 0.399. The first kappa shape index (κ1) is 13.7. The zero-order valence-corrected chi connectivity index (χ0v) is 13.3. The Kier molecular flexibility index (Phi) is 3.16. The highest BCUT2D eigenvalue weighted by Crippen LogP contribution is 2.55. The second-order valence-electron chi connectivity index (χ2n) is 5.26. The van der Waals surface area contributed by atoms with Crippen LogP contribution in [0, 0.1) is 0 Å². The molecule has 0 aliphatic heterocycles. The third-order valence-electron chi connectivity index (χ3n) is 3.95. The van der Waals surface area contributed by atoms with E-state index in [-0.39, 0.29) is 11.5 Å². The van der Waals surface area contributed by atoms with Crippen LogP contribution in [0.5, 0.6) is 5.75 Å². The lowest BCUT2D eigenvalue weighted by atomic mass is 10.1. The van der Waals surface area contributed by atoms with Gasteiger partial charge in [0.1, 0.15) is 4.34 Å². The Morgan fingerprint density at radius 3 is 3.05 bits per heavy atom. The van der Waals surface area contributed by atoms with E-state index < -0.39 is 0 Å². The number of hydrogen-bond donors (Lipinski definition) is 0. The molecule has 0 spiro atoms. The topological polar surface area (TPSA) is 56.5 Å². The minimum atomic E-state index is -0.206. The summed E-state index contributed by atoms with van der Waals surface area (Å²) < 4.78 is 7.30. The Morgan fingerprint density at radius 1 is 1.45 bits per heavy atom. The Morgan fingerprint density at radius 2 is 2.32 bits per heavy atom. The highest BCUT2D eigenvalue weighted by atomic mass is 35.5. The molecule has 3 heterocycles. The number of thiazole rings is 1. The molecule has 0 N–H and O–H groups in total. The lowest BCUT2D eigenvalue weighted by Crippen LogP contribution is -2.17. The number of nitrogens with zero attached hydrogens (tertiary/aromatic N) is 3. The summed E-state index contributed by atoms with van der Waals surface area (Å²) in [6.45, 7) is 0. The summed E-state index contributed by atoms with van der Waals surface area (Å²) in [7, 11) is 1.50. The van der Waals surface area contributed by atoms with Gasteiger partial charge in [-0.3, -0.25) is 14.2 Å². The molecule has 0 amide bonds. The van der Waals surface area contributed by atoms with Gasteiger partial charge in [0.2, 0.25) is 5.75 Å². The van der Waals surface area contributed by atoms with Gasteiger partial charge in [0, 0.05) is 24.5 Å². The number of ether oxygens (including phenoxy) is 1. The van der Waals surface area contributed by atoms with Gasteiger partial charge >= 0.3 is 5.56 Å². The Balaban J connectivity index is 1.81. The van der Waals surface area contributed by atoms with Crippen LogP contribution < -0.4 is 10.3 Å². The van der Waals surface area contributed by atoms with Crippen molar-refractivity contribution < 1.29 is 4.74 Å². The molecule has 0 bridgehead atoms. The van der Waals surface area contributed by atoms with Crippen LogP contribution in [0.4, 0.5) is 0 Å². The molecular formula is C15H12ClN3O2S. The average Bonchev–Trinajstić information content (AvgIpc) is 3.23. The van der Waals surface area contributed by atoms with E-state index in [1.54, 1.807) is 12.4 Å². The van der Waals surface area contributed by atoms with Crippen LogP contribution in [-0.2, 0) is 0 Å². The monoisotopic (exact) mass is 333 g/mol. The van der Waals surface area contributed by atoms with Gasteiger partial charge in [-0.05, 0) is 24.0 Å². The number of halogens is 1. The minimum Gasteiger partial charge on any atom is -0.490 e. The van der Waals surface area contributed by atoms with Gasteiger partial charge in [0.05, 0.1) is 12.8 Å². The molecule has 0 aromatic carbocycles. The molecule has 22 heavy (non-hydrogen) atoms. The van der Waals surface area contributed by atoms with Crippen molar-refractivity contribution in [2.24, 2.45) is 0 Å². The second-order valence-corrected chi connectivity index (χ2v) is 6.90. The molecule has 2 atom stereocenters. The van der Waals surface area contributed by atoms with E-state index in [9.17, 15) is 4.79 Å². The van der Waals surface area contributed by atoms with Gasteiger partial charge in [0.15, 0.2) is 4.96 Å². The highest BCUT2D eigenvalue weighted by Gasteiger charge is 2.43. The second kappa shape index (κ2) is 5.07. The minimum absolute atomic E-state index is 0.192. The Hall–Kier alpha value is -1.92. The van der Waals surface area contributed by atoms with Crippen molar-refractivity contribution in [1.82, 2.24) is 14.4 Å². The van der Waals surface area contributed by atoms with E-state index in [1.807, 2.05) is 12.3 Å². The van der Waals surface area contributed by atoms with Crippen molar-refractivity contribution >= 4 is 27.9 Å². The summed E-state index contributed by atoms with van der Waals surface area (Å²) >= 11 is 7.28. The SMILES string of the molecule is COc1c([C@@H]2C[C@H]2c2cccnc2)nc2sc(Cl)cn2c1=O. The normalized spacial score (nSPS) is 20.3. The molecule has 0 saturated heterocycles. The molecule has 1 aliphatic rings. The average molecular weight is 334 g/mol. The van der Waals surface area contributed by atoms with Crippen LogP contribution in [0.3, 0.4) is 0 Å². The van der Waals surface area contributed by atoms with Crippen LogP contribution in [0.15, 0.2) is 35.5 Å². The molecule has 5 nitrogen and oxygen atoms in total. The van der Waals surface area contributed by atoms with E-state index in [1.165, 1.54) is 28.4 Å². The van der Waals surface area contributed by atoms with Gasteiger partial charge < -0.3 is 4.74 Å². The van der Waals surface area contributed by atoms with Crippen molar-refractivity contribution in [1.29, 1.82) is 0 Å². The first-order valence-corrected chi connectivity index (χ1v) is 8.04. The van der Waals surface area contributed by atoms with Crippen molar-refractivity contribution in [3.05, 3.63) is 56.7 Å². The zero-order chi connectivity index (χ0) is 15.3. The number of methoxy groups -OCH3 is 1. The summed E-state index contributed by atoms with van der Waals surface area (Å²) in [6.07, 6.45) is 6.15. The maximum Gasteiger partial charge on any atom is 0.301 e. The van der Waals surface area contributed by atoms with Crippen molar-refractivity contribution in [3.63, 3.8) is 0 Å². The van der Waals surface area contributed by atoms with Crippen LogP contribution in [0.25, 0.3) is 4.96 Å². The van der Waals surface area contributed by atoms with E-state index in [4.69, 9.17) is 16.3 Å². The summed E-state index contributed by atoms with van der Waals surface area (Å²) in [5, 5.41) is 0.